The molecule has 0 aliphatic heterocycles. The second-order valence-electron chi connectivity index (χ2n) is 4.40. The summed E-state index contributed by atoms with van der Waals surface area (Å²) in [5.74, 6) is -0.153. The summed E-state index contributed by atoms with van der Waals surface area (Å²) in [6, 6.07) is 6.82. The van der Waals surface area contributed by atoms with Gasteiger partial charge in [-0.15, -0.1) is 0 Å². The molecule has 94 valence electrons. The van der Waals surface area contributed by atoms with Crippen LogP contribution in [0.2, 0.25) is 0 Å². The van der Waals surface area contributed by atoms with Crippen LogP contribution in [0.1, 0.15) is 32.3 Å². The molecule has 0 amide bonds. The van der Waals surface area contributed by atoms with E-state index < -0.39 is 0 Å². The van der Waals surface area contributed by atoms with Crippen molar-refractivity contribution in [3.63, 3.8) is 0 Å². The Morgan fingerprint density at radius 1 is 1.35 bits per heavy atom. The molecule has 1 rings (SSSR count). The van der Waals surface area contributed by atoms with Gasteiger partial charge in [0.15, 0.2) is 0 Å². The van der Waals surface area contributed by atoms with Gasteiger partial charge in [0, 0.05) is 0 Å². The van der Waals surface area contributed by atoms with Crippen LogP contribution in [0.3, 0.4) is 0 Å². The number of benzene rings is 1. The zero-order valence-electron chi connectivity index (χ0n) is 10.8. The van der Waals surface area contributed by atoms with E-state index in [-0.39, 0.29) is 5.82 Å². The van der Waals surface area contributed by atoms with Gasteiger partial charge in [-0.1, -0.05) is 30.7 Å². The first kappa shape index (κ1) is 13.9. The van der Waals surface area contributed by atoms with Crippen molar-refractivity contribution in [2.75, 3.05) is 13.1 Å². The molecule has 1 aromatic carbocycles. The largest absolute Gasteiger partial charge is 0.316 e. The van der Waals surface area contributed by atoms with Crippen LogP contribution in [-0.4, -0.2) is 13.1 Å². The van der Waals surface area contributed by atoms with Crippen LogP contribution >= 0.6 is 0 Å². The molecule has 0 aliphatic carbocycles. The summed E-state index contributed by atoms with van der Waals surface area (Å²) in [4.78, 5) is 0. The predicted octanol–water partition coefficient (Wildman–Crippen LogP) is 3.70. The van der Waals surface area contributed by atoms with Gasteiger partial charge in [-0.25, -0.2) is 4.39 Å². The molecular weight excluding hydrogens is 213 g/mol. The molecule has 1 aromatic rings. The predicted molar refractivity (Wildman–Crippen MR) is 71.6 cm³/mol. The quantitative estimate of drug-likeness (QED) is 0.561. The van der Waals surface area contributed by atoms with E-state index >= 15 is 0 Å². The Hall–Kier alpha value is -1.15. The molecule has 17 heavy (non-hydrogen) atoms. The van der Waals surface area contributed by atoms with Crippen LogP contribution in [0.15, 0.2) is 35.9 Å². The molecule has 0 bridgehead atoms. The van der Waals surface area contributed by atoms with E-state index in [2.05, 4.69) is 25.2 Å². The molecule has 0 saturated carbocycles. The number of halogens is 1. The van der Waals surface area contributed by atoms with E-state index in [1.54, 1.807) is 12.1 Å². The van der Waals surface area contributed by atoms with Gasteiger partial charge in [0.2, 0.25) is 0 Å². The van der Waals surface area contributed by atoms with Crippen molar-refractivity contribution < 1.29 is 4.39 Å². The van der Waals surface area contributed by atoms with E-state index in [4.69, 9.17) is 0 Å². The Kier molecular flexibility index (Phi) is 6.56. The van der Waals surface area contributed by atoms with Gasteiger partial charge in [-0.3, -0.25) is 0 Å². The Morgan fingerprint density at radius 2 is 2.18 bits per heavy atom. The lowest BCUT2D eigenvalue weighted by molar-refractivity contribution is 0.626. The van der Waals surface area contributed by atoms with Gasteiger partial charge in [0.1, 0.15) is 5.82 Å². The van der Waals surface area contributed by atoms with Crippen molar-refractivity contribution in [1.82, 2.24) is 5.32 Å². The first-order valence-corrected chi connectivity index (χ1v) is 6.33. The minimum Gasteiger partial charge on any atom is -0.316 e. The molecule has 0 atom stereocenters. The summed E-state index contributed by atoms with van der Waals surface area (Å²) in [7, 11) is 0. The lowest BCUT2D eigenvalue weighted by Gasteiger charge is -2.03. The lowest BCUT2D eigenvalue weighted by Crippen LogP contribution is -2.15. The van der Waals surface area contributed by atoms with Crippen molar-refractivity contribution >= 4 is 0 Å². The zero-order chi connectivity index (χ0) is 12.5. The maximum Gasteiger partial charge on any atom is 0.123 e. The maximum atomic E-state index is 13.0. The number of nitrogens with one attached hydrogen (secondary N) is 1. The third-order valence-corrected chi connectivity index (χ3v) is 2.61. The van der Waals surface area contributed by atoms with Gasteiger partial charge >= 0.3 is 0 Å². The Morgan fingerprint density at radius 3 is 2.88 bits per heavy atom. The number of allylic oxidation sites excluding steroid dienone is 1. The molecule has 0 aliphatic rings. The molecular formula is C15H22FN. The summed E-state index contributed by atoms with van der Waals surface area (Å²) >= 11 is 0. The van der Waals surface area contributed by atoms with Gasteiger partial charge in [0.05, 0.1) is 0 Å². The second kappa shape index (κ2) is 8.02. The number of hydrogen-bond donors (Lipinski definition) is 1. The fourth-order valence-electron chi connectivity index (χ4n) is 1.76. The first-order valence-electron chi connectivity index (χ1n) is 6.33. The molecule has 0 aromatic heterocycles. The van der Waals surface area contributed by atoms with Crippen molar-refractivity contribution in [2.24, 2.45) is 0 Å². The van der Waals surface area contributed by atoms with Crippen molar-refractivity contribution in [3.05, 3.63) is 47.3 Å². The average molecular weight is 235 g/mol. The normalized spacial score (nSPS) is 11.8. The smallest absolute Gasteiger partial charge is 0.123 e. The summed E-state index contributed by atoms with van der Waals surface area (Å²) in [6.45, 7) is 6.37. The standard InChI is InChI=1S/C15H22FN/c1-3-9-17-10-5-6-13(2)11-14-7-4-8-15(16)12-14/h4,6-8,12,17H,3,5,9-11H2,1-2H3/b13-6-. The number of rotatable bonds is 7. The van der Waals surface area contributed by atoms with Gasteiger partial charge < -0.3 is 5.32 Å². The molecule has 1 nitrogen and oxygen atoms in total. The Bertz CT molecular complexity index is 358. The first-order chi connectivity index (χ1) is 8.22. The fraction of sp³-hybridized carbons (Fsp3) is 0.467. The minimum atomic E-state index is -0.153. The lowest BCUT2D eigenvalue weighted by atomic mass is 10.1. The van der Waals surface area contributed by atoms with Crippen LogP contribution < -0.4 is 5.32 Å². The summed E-state index contributed by atoms with van der Waals surface area (Å²) in [6.07, 6.45) is 5.28. The van der Waals surface area contributed by atoms with Crippen LogP contribution in [-0.2, 0) is 6.42 Å². The Labute approximate surface area is 104 Å². The molecule has 0 radical (unpaired) electrons. The average Bonchev–Trinajstić information content (AvgIpc) is 2.29. The van der Waals surface area contributed by atoms with Crippen LogP contribution in [0.4, 0.5) is 4.39 Å². The third kappa shape index (κ3) is 6.22. The van der Waals surface area contributed by atoms with E-state index in [0.29, 0.717) is 0 Å². The van der Waals surface area contributed by atoms with Crippen LogP contribution in [0.5, 0.6) is 0 Å². The van der Waals surface area contributed by atoms with E-state index in [1.165, 1.54) is 18.1 Å². The SMILES string of the molecule is CCCNCC/C=C(/C)Cc1cccc(F)c1. The maximum absolute atomic E-state index is 13.0. The third-order valence-electron chi connectivity index (χ3n) is 2.61. The van der Waals surface area contributed by atoms with Crippen molar-refractivity contribution in [1.29, 1.82) is 0 Å². The summed E-state index contributed by atoms with van der Waals surface area (Å²) < 4.78 is 13.0. The summed E-state index contributed by atoms with van der Waals surface area (Å²) in [5.41, 5.74) is 2.34. The molecule has 0 heterocycles. The topological polar surface area (TPSA) is 12.0 Å². The zero-order valence-corrected chi connectivity index (χ0v) is 10.8. The highest BCUT2D eigenvalue weighted by Gasteiger charge is 1.96. The Balaban J connectivity index is 2.33. The molecule has 0 fully saturated rings. The summed E-state index contributed by atoms with van der Waals surface area (Å²) in [5, 5.41) is 3.36. The van der Waals surface area contributed by atoms with Crippen LogP contribution in [0, 0.1) is 5.82 Å². The minimum absolute atomic E-state index is 0.153. The van der Waals surface area contributed by atoms with E-state index in [1.807, 2.05) is 6.07 Å². The molecule has 0 spiro atoms. The van der Waals surface area contributed by atoms with Crippen molar-refractivity contribution in [2.45, 2.75) is 33.1 Å². The fourth-order valence-corrected chi connectivity index (χ4v) is 1.76. The van der Waals surface area contributed by atoms with Crippen molar-refractivity contribution in [3.8, 4) is 0 Å². The highest BCUT2D eigenvalue weighted by Crippen LogP contribution is 2.09. The second-order valence-corrected chi connectivity index (χ2v) is 4.40. The van der Waals surface area contributed by atoms with Crippen LogP contribution in [0.25, 0.3) is 0 Å². The molecule has 2 heteroatoms. The highest BCUT2D eigenvalue weighted by atomic mass is 19.1. The molecule has 0 saturated heterocycles. The molecule has 1 N–H and O–H groups in total. The van der Waals surface area contributed by atoms with Gasteiger partial charge in [0.25, 0.3) is 0 Å². The highest BCUT2D eigenvalue weighted by molar-refractivity contribution is 5.21. The molecule has 0 unspecified atom stereocenters. The monoisotopic (exact) mass is 235 g/mol. The van der Waals surface area contributed by atoms with E-state index in [0.717, 1.165) is 31.5 Å². The number of hydrogen-bond acceptors (Lipinski definition) is 1. The van der Waals surface area contributed by atoms with E-state index in [9.17, 15) is 4.39 Å². The van der Waals surface area contributed by atoms with Gasteiger partial charge in [-0.2, -0.15) is 0 Å². The van der Waals surface area contributed by atoms with Gasteiger partial charge in [-0.05, 0) is 57.0 Å².